The molecule has 2 aromatic rings. The second kappa shape index (κ2) is 7.92. The number of urea groups is 1. The first-order chi connectivity index (χ1) is 11.4. The van der Waals surface area contributed by atoms with Crippen molar-refractivity contribution in [3.05, 3.63) is 59.7 Å². The third-order valence-electron chi connectivity index (χ3n) is 3.34. The predicted octanol–water partition coefficient (Wildman–Crippen LogP) is 3.69. The lowest BCUT2D eigenvalue weighted by Crippen LogP contribution is -2.19. The third-order valence-corrected chi connectivity index (χ3v) is 3.34. The lowest BCUT2D eigenvalue weighted by Gasteiger charge is -2.08. The van der Waals surface area contributed by atoms with Crippen LogP contribution in [-0.4, -0.2) is 22.9 Å². The Balaban J connectivity index is 1.91. The Bertz CT molecular complexity index is 737. The summed E-state index contributed by atoms with van der Waals surface area (Å²) in [6.45, 7) is 1.96. The van der Waals surface area contributed by atoms with E-state index in [1.165, 1.54) is 0 Å². The molecule has 24 heavy (non-hydrogen) atoms. The molecule has 0 saturated heterocycles. The summed E-state index contributed by atoms with van der Waals surface area (Å²) >= 11 is 0. The number of hydrogen-bond donors (Lipinski definition) is 3. The monoisotopic (exact) mass is 326 g/mol. The number of anilines is 2. The smallest absolute Gasteiger partial charge is 0.323 e. The Kier molecular flexibility index (Phi) is 5.68. The van der Waals surface area contributed by atoms with Crippen LogP contribution in [0.1, 0.15) is 28.8 Å². The molecule has 3 N–H and O–H groups in total. The van der Waals surface area contributed by atoms with Crippen LogP contribution in [0.5, 0.6) is 0 Å². The lowest BCUT2D eigenvalue weighted by atomic mass is 10.1. The van der Waals surface area contributed by atoms with Crippen LogP contribution in [0.15, 0.2) is 48.5 Å². The van der Waals surface area contributed by atoms with E-state index in [9.17, 15) is 14.4 Å². The number of amides is 2. The molecule has 0 radical (unpaired) electrons. The molecule has 0 fully saturated rings. The van der Waals surface area contributed by atoms with E-state index in [-0.39, 0.29) is 24.7 Å². The van der Waals surface area contributed by atoms with Crippen molar-refractivity contribution in [1.82, 2.24) is 0 Å². The van der Waals surface area contributed by atoms with Crippen molar-refractivity contribution in [3.63, 3.8) is 0 Å². The van der Waals surface area contributed by atoms with Crippen LogP contribution in [0.4, 0.5) is 16.2 Å². The second-order valence-corrected chi connectivity index (χ2v) is 5.34. The summed E-state index contributed by atoms with van der Waals surface area (Å²) in [4.78, 5) is 34.2. The quantitative estimate of drug-likeness (QED) is 0.705. The molecule has 0 aliphatic carbocycles. The largest absolute Gasteiger partial charge is 0.481 e. The minimum Gasteiger partial charge on any atom is -0.481 e. The molecule has 2 aromatic carbocycles. The Morgan fingerprint density at radius 1 is 0.833 bits per heavy atom. The van der Waals surface area contributed by atoms with Crippen molar-refractivity contribution in [3.8, 4) is 0 Å². The highest BCUT2D eigenvalue weighted by Crippen LogP contribution is 2.13. The van der Waals surface area contributed by atoms with Crippen LogP contribution in [0, 0.1) is 6.92 Å². The van der Waals surface area contributed by atoms with Crippen molar-refractivity contribution in [2.75, 3.05) is 10.6 Å². The zero-order valence-electron chi connectivity index (χ0n) is 13.2. The van der Waals surface area contributed by atoms with Gasteiger partial charge in [-0.05, 0) is 43.3 Å². The predicted molar refractivity (Wildman–Crippen MR) is 91.5 cm³/mol. The van der Waals surface area contributed by atoms with Crippen molar-refractivity contribution in [2.45, 2.75) is 19.8 Å². The summed E-state index contributed by atoms with van der Waals surface area (Å²) in [6, 6.07) is 13.3. The van der Waals surface area contributed by atoms with E-state index in [1.54, 1.807) is 36.4 Å². The van der Waals surface area contributed by atoms with Crippen LogP contribution in [0.25, 0.3) is 0 Å². The number of carbonyl (C=O) groups is 3. The molecule has 2 amide bonds. The van der Waals surface area contributed by atoms with Gasteiger partial charge in [0, 0.05) is 23.4 Å². The fraction of sp³-hybridized carbons (Fsp3) is 0.167. The van der Waals surface area contributed by atoms with Gasteiger partial charge in [-0.15, -0.1) is 0 Å². The van der Waals surface area contributed by atoms with E-state index in [2.05, 4.69) is 10.6 Å². The van der Waals surface area contributed by atoms with Crippen molar-refractivity contribution >= 4 is 29.2 Å². The molecular weight excluding hydrogens is 308 g/mol. The Morgan fingerprint density at radius 2 is 1.33 bits per heavy atom. The number of Topliss-reactive ketones (excluding diaryl/α,β-unsaturated/α-hetero) is 1. The van der Waals surface area contributed by atoms with E-state index in [1.807, 2.05) is 19.1 Å². The molecule has 6 nitrogen and oxygen atoms in total. The highest BCUT2D eigenvalue weighted by molar-refractivity contribution is 6.01. The van der Waals surface area contributed by atoms with Crippen molar-refractivity contribution in [1.29, 1.82) is 0 Å². The lowest BCUT2D eigenvalue weighted by molar-refractivity contribution is -0.136. The molecule has 0 saturated carbocycles. The summed E-state index contributed by atoms with van der Waals surface area (Å²) in [7, 11) is 0. The first kappa shape index (κ1) is 17.2. The molecule has 0 bridgehead atoms. The molecular formula is C18H18N2O4. The zero-order valence-corrected chi connectivity index (χ0v) is 13.2. The first-order valence-corrected chi connectivity index (χ1v) is 7.44. The van der Waals surface area contributed by atoms with E-state index in [4.69, 9.17) is 5.11 Å². The third kappa shape index (κ3) is 5.24. The molecule has 0 aliphatic rings. The summed E-state index contributed by atoms with van der Waals surface area (Å²) in [6.07, 6.45) is -0.242. The minimum absolute atomic E-state index is 0.0456. The van der Waals surface area contributed by atoms with Crippen LogP contribution in [-0.2, 0) is 4.79 Å². The minimum atomic E-state index is -1.01. The molecule has 0 heterocycles. The van der Waals surface area contributed by atoms with Crippen molar-refractivity contribution < 1.29 is 19.5 Å². The number of carboxylic acids is 1. The Morgan fingerprint density at radius 3 is 1.83 bits per heavy atom. The van der Waals surface area contributed by atoms with Crippen LogP contribution < -0.4 is 10.6 Å². The summed E-state index contributed by atoms with van der Waals surface area (Å²) in [5, 5.41) is 14.0. The molecule has 0 aromatic heterocycles. The second-order valence-electron chi connectivity index (χ2n) is 5.34. The fourth-order valence-corrected chi connectivity index (χ4v) is 2.03. The number of aliphatic carboxylic acids is 1. The maximum absolute atomic E-state index is 11.9. The molecule has 0 unspecified atom stereocenters. The first-order valence-electron chi connectivity index (χ1n) is 7.44. The van der Waals surface area contributed by atoms with Crippen molar-refractivity contribution in [2.24, 2.45) is 0 Å². The van der Waals surface area contributed by atoms with Gasteiger partial charge in [-0.3, -0.25) is 9.59 Å². The number of benzene rings is 2. The number of aryl methyl sites for hydroxylation is 1. The van der Waals surface area contributed by atoms with Crippen LogP contribution in [0.3, 0.4) is 0 Å². The maximum Gasteiger partial charge on any atom is 0.323 e. The van der Waals surface area contributed by atoms with E-state index in [0.717, 1.165) is 5.56 Å². The molecule has 0 spiro atoms. The fourth-order valence-electron chi connectivity index (χ4n) is 2.03. The van der Waals surface area contributed by atoms with Gasteiger partial charge in [0.2, 0.25) is 0 Å². The van der Waals surface area contributed by atoms with E-state index < -0.39 is 5.97 Å². The maximum atomic E-state index is 11.9. The topological polar surface area (TPSA) is 95.5 Å². The molecule has 0 aliphatic heterocycles. The molecule has 6 heteroatoms. The van der Waals surface area contributed by atoms with Gasteiger partial charge in [0.25, 0.3) is 0 Å². The molecule has 0 atom stereocenters. The van der Waals surface area contributed by atoms with Gasteiger partial charge in [0.1, 0.15) is 0 Å². The van der Waals surface area contributed by atoms with Gasteiger partial charge < -0.3 is 15.7 Å². The average molecular weight is 326 g/mol. The summed E-state index contributed by atoms with van der Waals surface area (Å²) in [5.41, 5.74) is 2.73. The molecule has 2 rings (SSSR count). The zero-order chi connectivity index (χ0) is 17.5. The van der Waals surface area contributed by atoms with Gasteiger partial charge >= 0.3 is 12.0 Å². The SMILES string of the molecule is Cc1ccc(NC(=O)Nc2ccc(C(=O)CCC(=O)O)cc2)cc1. The van der Waals surface area contributed by atoms with Gasteiger partial charge in [-0.1, -0.05) is 17.7 Å². The number of carboxylic acid groups (broad SMARTS) is 1. The standard InChI is InChI=1S/C18H18N2O4/c1-12-2-6-14(7-3-12)19-18(24)20-15-8-4-13(5-9-15)16(21)10-11-17(22)23/h2-9H,10-11H2,1H3,(H,22,23)(H2,19,20,24). The number of ketones is 1. The average Bonchev–Trinajstić information content (AvgIpc) is 2.55. The van der Waals surface area contributed by atoms with Gasteiger partial charge in [-0.25, -0.2) is 4.79 Å². The number of hydrogen-bond acceptors (Lipinski definition) is 3. The highest BCUT2D eigenvalue weighted by atomic mass is 16.4. The van der Waals surface area contributed by atoms with E-state index >= 15 is 0 Å². The Hall–Kier alpha value is -3.15. The number of nitrogens with one attached hydrogen (secondary N) is 2. The van der Waals surface area contributed by atoms with Gasteiger partial charge in [0.05, 0.1) is 6.42 Å². The summed E-state index contributed by atoms with van der Waals surface area (Å²) in [5.74, 6) is -1.25. The van der Waals surface area contributed by atoms with Gasteiger partial charge in [-0.2, -0.15) is 0 Å². The number of rotatable bonds is 6. The van der Waals surface area contributed by atoms with Crippen LogP contribution in [0.2, 0.25) is 0 Å². The normalized spacial score (nSPS) is 10.0. The highest BCUT2D eigenvalue weighted by Gasteiger charge is 2.09. The number of carbonyl (C=O) groups excluding carboxylic acids is 2. The summed E-state index contributed by atoms with van der Waals surface area (Å²) < 4.78 is 0. The molecule has 124 valence electrons. The van der Waals surface area contributed by atoms with E-state index in [0.29, 0.717) is 16.9 Å². The Labute approximate surface area is 139 Å². The van der Waals surface area contributed by atoms with Crippen LogP contribution >= 0.6 is 0 Å². The van der Waals surface area contributed by atoms with Gasteiger partial charge in [0.15, 0.2) is 5.78 Å².